The van der Waals surface area contributed by atoms with Crippen LogP contribution in [-0.2, 0) is 16.0 Å². The second-order valence-corrected chi connectivity index (χ2v) is 4.52. The van der Waals surface area contributed by atoms with Gasteiger partial charge in [-0.3, -0.25) is 9.59 Å². The third-order valence-corrected chi connectivity index (χ3v) is 2.77. The lowest BCUT2D eigenvalue weighted by Gasteiger charge is -2.06. The summed E-state index contributed by atoms with van der Waals surface area (Å²) in [5.74, 6) is -0.360. The average molecular weight is 273 g/mol. The van der Waals surface area contributed by atoms with E-state index in [1.165, 1.54) is 5.56 Å². The molecule has 0 bridgehead atoms. The van der Waals surface area contributed by atoms with Crippen molar-refractivity contribution in [2.75, 3.05) is 13.1 Å². The molecule has 1 aromatic rings. The van der Waals surface area contributed by atoms with E-state index in [0.717, 1.165) is 5.56 Å². The van der Waals surface area contributed by atoms with E-state index in [4.69, 9.17) is 5.26 Å². The smallest absolute Gasteiger partial charge is 0.234 e. The molecule has 2 amide bonds. The van der Waals surface area contributed by atoms with Crippen LogP contribution < -0.4 is 10.6 Å². The van der Waals surface area contributed by atoms with Gasteiger partial charge in [0, 0.05) is 19.5 Å². The molecule has 0 spiro atoms. The molecule has 0 saturated carbocycles. The molecule has 0 unspecified atom stereocenters. The Balaban J connectivity index is 2.13. The maximum atomic E-state index is 11.6. The second kappa shape index (κ2) is 8.70. The van der Waals surface area contributed by atoms with Crippen LogP contribution in [0.5, 0.6) is 0 Å². The average Bonchev–Trinajstić information content (AvgIpc) is 2.43. The number of hydrogen-bond donors (Lipinski definition) is 2. The van der Waals surface area contributed by atoms with Crippen LogP contribution in [0.4, 0.5) is 0 Å². The fraction of sp³-hybridized carbons (Fsp3) is 0.400. The molecule has 0 fully saturated rings. The summed E-state index contributed by atoms with van der Waals surface area (Å²) < 4.78 is 0. The van der Waals surface area contributed by atoms with Gasteiger partial charge in [-0.15, -0.1) is 0 Å². The van der Waals surface area contributed by atoms with Gasteiger partial charge in [0.05, 0.1) is 6.07 Å². The van der Waals surface area contributed by atoms with E-state index in [9.17, 15) is 9.59 Å². The molecular weight excluding hydrogens is 254 g/mol. The normalized spacial score (nSPS) is 9.60. The van der Waals surface area contributed by atoms with Crippen molar-refractivity contribution >= 4 is 11.8 Å². The van der Waals surface area contributed by atoms with Crippen LogP contribution in [0.2, 0.25) is 0 Å². The summed E-state index contributed by atoms with van der Waals surface area (Å²) in [5.41, 5.74) is 2.33. The van der Waals surface area contributed by atoms with E-state index in [2.05, 4.69) is 10.6 Å². The summed E-state index contributed by atoms with van der Waals surface area (Å²) in [6, 6.07) is 9.85. The third kappa shape index (κ3) is 6.55. The van der Waals surface area contributed by atoms with Gasteiger partial charge in [0.15, 0.2) is 0 Å². The number of nitriles is 1. The quantitative estimate of drug-likeness (QED) is 0.729. The first-order chi connectivity index (χ1) is 9.61. The number of hydrogen-bond acceptors (Lipinski definition) is 3. The number of nitrogens with one attached hydrogen (secondary N) is 2. The summed E-state index contributed by atoms with van der Waals surface area (Å²) in [4.78, 5) is 22.6. The third-order valence-electron chi connectivity index (χ3n) is 2.77. The van der Waals surface area contributed by atoms with Gasteiger partial charge in [-0.05, 0) is 18.9 Å². The SMILES string of the molecule is Cc1ccc(CCC(=O)NCCNC(=O)CC#N)cc1. The lowest BCUT2D eigenvalue weighted by molar-refractivity contribution is -0.122. The van der Waals surface area contributed by atoms with E-state index < -0.39 is 0 Å². The van der Waals surface area contributed by atoms with Crippen LogP contribution in [0, 0.1) is 18.3 Å². The van der Waals surface area contributed by atoms with Crippen molar-refractivity contribution in [3.8, 4) is 6.07 Å². The highest BCUT2D eigenvalue weighted by atomic mass is 16.2. The minimum Gasteiger partial charge on any atom is -0.354 e. The molecule has 2 N–H and O–H groups in total. The molecule has 0 heterocycles. The Bertz CT molecular complexity index is 489. The Labute approximate surface area is 119 Å². The van der Waals surface area contributed by atoms with Crippen LogP contribution >= 0.6 is 0 Å². The first kappa shape index (κ1) is 15.7. The number of carbonyl (C=O) groups excluding carboxylic acids is 2. The van der Waals surface area contributed by atoms with E-state index in [-0.39, 0.29) is 18.2 Å². The number of benzene rings is 1. The van der Waals surface area contributed by atoms with Crippen molar-refractivity contribution in [1.29, 1.82) is 5.26 Å². The Morgan fingerprint density at radius 1 is 1.10 bits per heavy atom. The van der Waals surface area contributed by atoms with Gasteiger partial charge >= 0.3 is 0 Å². The maximum absolute atomic E-state index is 11.6. The van der Waals surface area contributed by atoms with Gasteiger partial charge in [0.1, 0.15) is 6.42 Å². The van der Waals surface area contributed by atoms with Gasteiger partial charge in [0.2, 0.25) is 11.8 Å². The van der Waals surface area contributed by atoms with E-state index in [1.807, 2.05) is 31.2 Å². The first-order valence-electron chi connectivity index (χ1n) is 6.57. The van der Waals surface area contributed by atoms with Crippen molar-refractivity contribution in [2.24, 2.45) is 0 Å². The Hall–Kier alpha value is -2.35. The molecular formula is C15H19N3O2. The van der Waals surface area contributed by atoms with E-state index in [0.29, 0.717) is 25.9 Å². The second-order valence-electron chi connectivity index (χ2n) is 4.52. The molecule has 0 aliphatic carbocycles. The summed E-state index contributed by atoms with van der Waals surface area (Å²) >= 11 is 0. The zero-order valence-electron chi connectivity index (χ0n) is 11.6. The molecule has 20 heavy (non-hydrogen) atoms. The van der Waals surface area contributed by atoms with Gasteiger partial charge in [-0.1, -0.05) is 29.8 Å². The topological polar surface area (TPSA) is 82.0 Å². The lowest BCUT2D eigenvalue weighted by atomic mass is 10.1. The largest absolute Gasteiger partial charge is 0.354 e. The molecule has 0 saturated heterocycles. The number of rotatable bonds is 7. The van der Waals surface area contributed by atoms with Crippen molar-refractivity contribution < 1.29 is 9.59 Å². The van der Waals surface area contributed by atoms with Crippen molar-refractivity contribution in [2.45, 2.75) is 26.2 Å². The molecule has 0 radical (unpaired) electrons. The molecule has 1 rings (SSSR count). The molecule has 0 aliphatic heterocycles. The highest BCUT2D eigenvalue weighted by Crippen LogP contribution is 2.05. The van der Waals surface area contributed by atoms with Crippen LogP contribution in [-0.4, -0.2) is 24.9 Å². The number of amides is 2. The fourth-order valence-electron chi connectivity index (χ4n) is 1.64. The summed E-state index contributed by atoms with van der Waals surface area (Å²) in [7, 11) is 0. The van der Waals surface area contributed by atoms with Crippen LogP contribution in [0.25, 0.3) is 0 Å². The first-order valence-corrected chi connectivity index (χ1v) is 6.57. The highest BCUT2D eigenvalue weighted by molar-refractivity contribution is 5.78. The molecule has 1 aromatic carbocycles. The molecule has 5 heteroatoms. The number of aryl methyl sites for hydroxylation is 2. The highest BCUT2D eigenvalue weighted by Gasteiger charge is 2.03. The van der Waals surface area contributed by atoms with Crippen LogP contribution in [0.1, 0.15) is 24.0 Å². The predicted octanol–water partition coefficient (Wildman–Crippen LogP) is 1.07. The van der Waals surface area contributed by atoms with Crippen molar-refractivity contribution in [1.82, 2.24) is 10.6 Å². The number of carbonyl (C=O) groups is 2. The van der Waals surface area contributed by atoms with Gasteiger partial charge < -0.3 is 10.6 Å². The van der Waals surface area contributed by atoms with Gasteiger partial charge in [-0.25, -0.2) is 0 Å². The monoisotopic (exact) mass is 273 g/mol. The van der Waals surface area contributed by atoms with Crippen molar-refractivity contribution in [3.63, 3.8) is 0 Å². The Morgan fingerprint density at radius 2 is 1.70 bits per heavy atom. The minimum atomic E-state index is -0.318. The number of nitrogens with zero attached hydrogens (tertiary/aromatic N) is 1. The van der Waals surface area contributed by atoms with Crippen LogP contribution in [0.15, 0.2) is 24.3 Å². The summed E-state index contributed by atoms with van der Waals surface area (Å²) in [6.45, 7) is 2.75. The minimum absolute atomic E-state index is 0.0416. The van der Waals surface area contributed by atoms with E-state index in [1.54, 1.807) is 6.07 Å². The Morgan fingerprint density at radius 3 is 2.30 bits per heavy atom. The Kier molecular flexibility index (Phi) is 6.83. The summed E-state index contributed by atoms with van der Waals surface area (Å²) in [6.07, 6.45) is 0.976. The van der Waals surface area contributed by atoms with Crippen molar-refractivity contribution in [3.05, 3.63) is 35.4 Å². The van der Waals surface area contributed by atoms with Crippen LogP contribution in [0.3, 0.4) is 0 Å². The molecule has 0 aliphatic rings. The molecule has 106 valence electrons. The molecule has 0 atom stereocenters. The molecule has 0 aromatic heterocycles. The fourth-order valence-corrected chi connectivity index (χ4v) is 1.64. The zero-order valence-corrected chi connectivity index (χ0v) is 11.6. The molecule has 5 nitrogen and oxygen atoms in total. The lowest BCUT2D eigenvalue weighted by Crippen LogP contribution is -2.34. The van der Waals surface area contributed by atoms with Gasteiger partial charge in [0.25, 0.3) is 0 Å². The zero-order chi connectivity index (χ0) is 14.8. The van der Waals surface area contributed by atoms with Gasteiger partial charge in [-0.2, -0.15) is 5.26 Å². The summed E-state index contributed by atoms with van der Waals surface area (Å²) in [5, 5.41) is 13.6. The maximum Gasteiger partial charge on any atom is 0.234 e. The standard InChI is InChI=1S/C15H19N3O2/c1-12-2-4-13(5-3-12)6-7-14(19)17-10-11-18-15(20)8-9-16/h2-5H,6-8,10-11H2,1H3,(H,17,19)(H,18,20). The van der Waals surface area contributed by atoms with E-state index >= 15 is 0 Å². The predicted molar refractivity (Wildman–Crippen MR) is 75.7 cm³/mol.